The summed E-state index contributed by atoms with van der Waals surface area (Å²) in [5.74, 6) is -0.654. The molecule has 4 nitrogen and oxygen atoms in total. The van der Waals surface area contributed by atoms with Gasteiger partial charge in [0, 0.05) is 42.7 Å². The third-order valence-electron chi connectivity index (χ3n) is 2.12. The molecule has 2 rings (SSSR count). The molecule has 0 saturated carbocycles. The molecule has 0 saturated heterocycles. The number of pyridine rings is 1. The fourth-order valence-corrected chi connectivity index (χ4v) is 1.32. The zero-order chi connectivity index (χ0) is 11.0. The molecular formula is C10H6FN4U-. The molecule has 0 bridgehead atoms. The molecule has 2 aromatic rings. The molecule has 0 unspecified atom stereocenters. The van der Waals surface area contributed by atoms with Crippen molar-refractivity contribution in [1.82, 2.24) is 4.98 Å². The first kappa shape index (κ1) is 12.8. The van der Waals surface area contributed by atoms with E-state index >= 15 is 0 Å². The summed E-state index contributed by atoms with van der Waals surface area (Å²) in [6, 6.07) is 4.28. The first-order chi connectivity index (χ1) is 7.13. The van der Waals surface area contributed by atoms with E-state index in [9.17, 15) is 4.39 Å². The number of nitrogens with two attached hydrogens (primary N) is 1. The van der Waals surface area contributed by atoms with E-state index in [0.717, 1.165) is 6.07 Å². The van der Waals surface area contributed by atoms with Crippen LogP contribution in [0.1, 0.15) is 5.56 Å². The Labute approximate surface area is 115 Å². The van der Waals surface area contributed by atoms with Gasteiger partial charge in [-0.3, -0.25) is 4.98 Å². The van der Waals surface area contributed by atoms with E-state index in [1.807, 2.05) is 6.07 Å². The van der Waals surface area contributed by atoms with Crippen LogP contribution >= 0.6 is 0 Å². The van der Waals surface area contributed by atoms with Gasteiger partial charge >= 0.3 is 0 Å². The van der Waals surface area contributed by atoms with Crippen molar-refractivity contribution in [2.75, 3.05) is 5.73 Å². The van der Waals surface area contributed by atoms with Crippen LogP contribution < -0.4 is 5.73 Å². The number of nitriles is 1. The van der Waals surface area contributed by atoms with Gasteiger partial charge in [0.2, 0.25) is 0 Å². The van der Waals surface area contributed by atoms with Crippen molar-refractivity contribution in [2.45, 2.75) is 0 Å². The van der Waals surface area contributed by atoms with Crippen molar-refractivity contribution < 1.29 is 35.5 Å². The zero-order valence-corrected chi connectivity index (χ0v) is 12.2. The van der Waals surface area contributed by atoms with Gasteiger partial charge in [0.05, 0.1) is 16.8 Å². The molecule has 0 aliphatic rings. The Kier molecular flexibility index (Phi) is 3.75. The molecule has 1 heterocycles. The molecule has 0 aliphatic heterocycles. The Hall–Kier alpha value is -1.30. The minimum atomic E-state index is -0.654. The van der Waals surface area contributed by atoms with Gasteiger partial charge in [-0.15, -0.1) is 5.69 Å². The van der Waals surface area contributed by atoms with Crippen molar-refractivity contribution in [3.05, 3.63) is 35.4 Å². The Balaban J connectivity index is 0.00000128. The van der Waals surface area contributed by atoms with Crippen molar-refractivity contribution in [2.24, 2.45) is 0 Å². The minimum absolute atomic E-state index is 0. The molecule has 3 N–H and O–H groups in total. The standard InChI is InChI=1S/C10H6FN4.U/c11-7-2-9-6(1-8(7)13)10(14)5(3-12)4-15-9;/h1-2,4,13H,(H2,14,15);/q-1;. The molecule has 6 heteroatoms. The summed E-state index contributed by atoms with van der Waals surface area (Å²) in [7, 11) is 0. The second kappa shape index (κ2) is 4.69. The van der Waals surface area contributed by atoms with Crippen LogP contribution in [-0.4, -0.2) is 4.98 Å². The monoisotopic (exact) mass is 439 g/mol. The van der Waals surface area contributed by atoms with Gasteiger partial charge < -0.3 is 11.5 Å². The minimum Gasteiger partial charge on any atom is -0.696 e. The number of nitrogens with zero attached hydrogens (tertiary/aromatic N) is 2. The Bertz CT molecular complexity index is 591. The number of fused-ring (bicyclic) bond motifs is 1. The first-order valence-corrected chi connectivity index (χ1v) is 4.13. The molecule has 1 aromatic heterocycles. The van der Waals surface area contributed by atoms with E-state index in [0.29, 0.717) is 10.9 Å². The molecule has 0 fully saturated rings. The molecule has 16 heavy (non-hydrogen) atoms. The second-order valence-electron chi connectivity index (χ2n) is 3.05. The van der Waals surface area contributed by atoms with Crippen LogP contribution in [0.5, 0.6) is 0 Å². The van der Waals surface area contributed by atoms with Crippen LogP contribution in [0.3, 0.4) is 0 Å². The fraction of sp³-hybridized carbons (Fsp3) is 0. The molecular weight excluding hydrogens is 433 g/mol. The maximum Gasteiger partial charge on any atom is 0.110 e. The van der Waals surface area contributed by atoms with Gasteiger partial charge in [-0.05, 0) is 6.07 Å². The summed E-state index contributed by atoms with van der Waals surface area (Å²) in [5, 5.41) is 9.14. The summed E-state index contributed by atoms with van der Waals surface area (Å²) < 4.78 is 13.0. The van der Waals surface area contributed by atoms with E-state index < -0.39 is 5.82 Å². The number of halogens is 1. The summed E-state index contributed by atoms with van der Waals surface area (Å²) in [6.07, 6.45) is 1.29. The summed E-state index contributed by atoms with van der Waals surface area (Å²) >= 11 is 0. The largest absolute Gasteiger partial charge is 0.696 e. The Morgan fingerprint density at radius 3 is 2.75 bits per heavy atom. The molecule has 1 aromatic carbocycles. The van der Waals surface area contributed by atoms with Crippen LogP contribution in [0.2, 0.25) is 0 Å². The Morgan fingerprint density at radius 1 is 1.44 bits per heavy atom. The average Bonchev–Trinajstić information content (AvgIpc) is 2.22. The average molecular weight is 439 g/mol. The van der Waals surface area contributed by atoms with E-state index in [-0.39, 0.29) is 48.1 Å². The number of benzene rings is 1. The normalized spacial score (nSPS) is 9.50. The number of hydrogen-bond acceptors (Lipinski definition) is 3. The number of anilines is 1. The van der Waals surface area contributed by atoms with Crippen molar-refractivity contribution >= 4 is 22.3 Å². The van der Waals surface area contributed by atoms with Gasteiger partial charge in [0.25, 0.3) is 0 Å². The number of rotatable bonds is 0. The summed E-state index contributed by atoms with van der Waals surface area (Å²) in [6.45, 7) is 0. The quantitative estimate of drug-likeness (QED) is 0.685. The molecule has 78 valence electrons. The van der Waals surface area contributed by atoms with Crippen LogP contribution in [-0.2, 0) is 0 Å². The van der Waals surface area contributed by atoms with Gasteiger partial charge in [0.15, 0.2) is 0 Å². The molecule has 0 atom stereocenters. The summed E-state index contributed by atoms with van der Waals surface area (Å²) in [4.78, 5) is 3.89. The number of nitrogen functional groups attached to an aromatic ring is 1. The van der Waals surface area contributed by atoms with Gasteiger partial charge in [-0.1, -0.05) is 6.07 Å². The third kappa shape index (κ3) is 1.97. The second-order valence-corrected chi connectivity index (χ2v) is 3.05. The number of hydrogen-bond donors (Lipinski definition) is 1. The predicted molar refractivity (Wildman–Crippen MR) is 54.8 cm³/mol. The maximum atomic E-state index is 13.0. The first-order valence-electron chi connectivity index (χ1n) is 4.13. The SMILES string of the molecule is N#Cc1cnc2cc(F)c([NH-])cc2c1N.[U]. The van der Waals surface area contributed by atoms with Gasteiger partial charge in [-0.25, -0.2) is 4.39 Å². The molecule has 0 radical (unpaired) electrons. The number of aromatic nitrogens is 1. The van der Waals surface area contributed by atoms with E-state index in [1.54, 1.807) is 0 Å². The number of nitrogens with one attached hydrogen (secondary N) is 1. The van der Waals surface area contributed by atoms with Crippen molar-refractivity contribution in [3.63, 3.8) is 0 Å². The van der Waals surface area contributed by atoms with E-state index in [2.05, 4.69) is 4.98 Å². The van der Waals surface area contributed by atoms with Crippen LogP contribution in [0.25, 0.3) is 16.6 Å². The molecule has 0 amide bonds. The fourth-order valence-electron chi connectivity index (χ4n) is 1.32. The predicted octanol–water partition coefficient (Wildman–Crippen LogP) is 2.51. The van der Waals surface area contributed by atoms with Gasteiger partial charge in [-0.2, -0.15) is 5.26 Å². The molecule has 0 spiro atoms. The van der Waals surface area contributed by atoms with Crippen LogP contribution in [0.15, 0.2) is 18.3 Å². The van der Waals surface area contributed by atoms with E-state index in [4.69, 9.17) is 16.7 Å². The topological polar surface area (TPSA) is 86.5 Å². The maximum absolute atomic E-state index is 13.0. The zero-order valence-electron chi connectivity index (χ0n) is 8.08. The van der Waals surface area contributed by atoms with Crippen LogP contribution in [0, 0.1) is 48.3 Å². The Morgan fingerprint density at radius 2 is 2.12 bits per heavy atom. The smallest absolute Gasteiger partial charge is 0.110 e. The van der Waals surface area contributed by atoms with Gasteiger partial charge in [0.1, 0.15) is 11.9 Å². The molecule has 0 aliphatic carbocycles. The summed E-state index contributed by atoms with van der Waals surface area (Å²) in [5.41, 5.74) is 13.5. The van der Waals surface area contributed by atoms with Crippen LogP contribution in [0.4, 0.5) is 15.8 Å². The van der Waals surface area contributed by atoms with E-state index in [1.165, 1.54) is 12.3 Å². The van der Waals surface area contributed by atoms with Crippen molar-refractivity contribution in [1.29, 1.82) is 5.26 Å². The van der Waals surface area contributed by atoms with Crippen molar-refractivity contribution in [3.8, 4) is 6.07 Å². The third-order valence-corrected chi connectivity index (χ3v) is 2.12.